The molecule has 0 radical (unpaired) electrons. The molecule has 45 heavy (non-hydrogen) atoms. The molecule has 11 heteroatoms. The van der Waals surface area contributed by atoms with Crippen LogP contribution in [0.3, 0.4) is 0 Å². The molecule has 0 aromatic heterocycles. The molecular weight excluding hydrogens is 623 g/mol. The predicted octanol–water partition coefficient (Wildman–Crippen LogP) is 7.28. The summed E-state index contributed by atoms with van der Waals surface area (Å²) in [6.45, 7) is 5.64. The number of rotatable bonds is 8. The molecule has 1 amide bonds. The van der Waals surface area contributed by atoms with Crippen molar-refractivity contribution in [2.75, 3.05) is 19.0 Å². The third-order valence-corrected chi connectivity index (χ3v) is 8.55. The Labute approximate surface area is 270 Å². The first-order valence-electron chi connectivity index (χ1n) is 13.9. The lowest BCUT2D eigenvalue weighted by molar-refractivity contribution is -0.121. The van der Waals surface area contributed by atoms with Crippen molar-refractivity contribution >= 4 is 40.8 Å². The molecular formula is C34H31Cl2F2N3O4. The van der Waals surface area contributed by atoms with E-state index >= 15 is 8.78 Å². The molecule has 1 fully saturated rings. The molecule has 1 saturated heterocycles. The van der Waals surface area contributed by atoms with E-state index in [-0.39, 0.29) is 51.1 Å². The normalized spacial score (nSPS) is 21.5. The Morgan fingerprint density at radius 2 is 1.87 bits per heavy atom. The van der Waals surface area contributed by atoms with E-state index in [2.05, 4.69) is 17.3 Å². The number of carboxylic acids is 1. The van der Waals surface area contributed by atoms with E-state index in [1.807, 2.05) is 20.8 Å². The quantitative estimate of drug-likeness (QED) is 0.248. The summed E-state index contributed by atoms with van der Waals surface area (Å²) < 4.78 is 37.4. The van der Waals surface area contributed by atoms with Gasteiger partial charge in [-0.05, 0) is 53.8 Å². The summed E-state index contributed by atoms with van der Waals surface area (Å²) >= 11 is 12.4. The number of hydrogen-bond donors (Lipinski definition) is 2. The Morgan fingerprint density at radius 1 is 1.16 bits per heavy atom. The summed E-state index contributed by atoms with van der Waals surface area (Å²) in [5, 5.41) is 23.2. The van der Waals surface area contributed by atoms with Gasteiger partial charge in [-0.1, -0.05) is 68.1 Å². The zero-order valence-electron chi connectivity index (χ0n) is 25.0. The molecule has 7 nitrogen and oxygen atoms in total. The zero-order valence-corrected chi connectivity index (χ0v) is 26.5. The largest absolute Gasteiger partial charge is 0.495 e. The Morgan fingerprint density at radius 3 is 2.44 bits per heavy atom. The van der Waals surface area contributed by atoms with E-state index in [1.54, 1.807) is 4.90 Å². The van der Waals surface area contributed by atoms with Crippen LogP contribution < -0.4 is 10.1 Å². The van der Waals surface area contributed by atoms with Gasteiger partial charge in [-0.25, -0.2) is 13.6 Å². The number of anilines is 1. The van der Waals surface area contributed by atoms with Gasteiger partial charge < -0.3 is 15.2 Å². The van der Waals surface area contributed by atoms with Gasteiger partial charge in [0.2, 0.25) is 5.91 Å². The molecule has 2 N–H and O–H groups in total. The Kier molecular flexibility index (Phi) is 9.80. The van der Waals surface area contributed by atoms with Gasteiger partial charge >= 0.3 is 5.97 Å². The number of terminal acetylenes is 1. The number of methoxy groups -OCH3 is 1. The molecule has 1 aliphatic rings. The number of carbonyl (C=O) groups is 2. The second-order valence-corrected chi connectivity index (χ2v) is 12.9. The maximum atomic E-state index is 16.1. The average molecular weight is 655 g/mol. The second-order valence-electron chi connectivity index (χ2n) is 12.0. The maximum Gasteiger partial charge on any atom is 0.335 e. The number of halogens is 4. The molecule has 3 aromatic rings. The van der Waals surface area contributed by atoms with E-state index in [1.165, 1.54) is 55.6 Å². The van der Waals surface area contributed by atoms with Gasteiger partial charge in [-0.15, -0.1) is 6.42 Å². The number of hydrogen-bond acceptors (Lipinski definition) is 5. The van der Waals surface area contributed by atoms with Crippen LogP contribution in [-0.2, 0) is 10.2 Å². The van der Waals surface area contributed by atoms with Crippen molar-refractivity contribution in [2.45, 2.75) is 50.6 Å². The number of carboxylic acid groups (broad SMARTS) is 1. The summed E-state index contributed by atoms with van der Waals surface area (Å²) in [5.74, 6) is -2.29. The molecule has 0 aliphatic carbocycles. The van der Waals surface area contributed by atoms with Crippen LogP contribution in [0.5, 0.6) is 5.75 Å². The van der Waals surface area contributed by atoms with E-state index < -0.39 is 52.3 Å². The summed E-state index contributed by atoms with van der Waals surface area (Å²) in [4.78, 5) is 27.6. The number of nitrogens with one attached hydrogen (secondary N) is 1. The molecule has 1 aliphatic heterocycles. The van der Waals surface area contributed by atoms with Gasteiger partial charge in [0.1, 0.15) is 22.8 Å². The highest BCUT2D eigenvalue weighted by atomic mass is 35.5. The fourth-order valence-electron chi connectivity index (χ4n) is 6.26. The lowest BCUT2D eigenvalue weighted by atomic mass is 9.62. The van der Waals surface area contributed by atoms with E-state index in [0.29, 0.717) is 0 Å². The van der Waals surface area contributed by atoms with E-state index in [4.69, 9.17) is 34.4 Å². The van der Waals surface area contributed by atoms with Crippen LogP contribution in [0.1, 0.15) is 54.6 Å². The Hall–Kier alpha value is -4.15. The highest BCUT2D eigenvalue weighted by Crippen LogP contribution is 2.56. The van der Waals surface area contributed by atoms with Crippen LogP contribution in [-0.4, -0.2) is 47.6 Å². The number of nitriles is 1. The molecule has 4 unspecified atom stereocenters. The smallest absolute Gasteiger partial charge is 0.335 e. The average Bonchev–Trinajstić information content (AvgIpc) is 3.23. The van der Waals surface area contributed by atoms with Gasteiger partial charge in [0.25, 0.3) is 0 Å². The van der Waals surface area contributed by atoms with E-state index in [0.717, 1.165) is 6.07 Å². The van der Waals surface area contributed by atoms with Crippen molar-refractivity contribution in [2.24, 2.45) is 5.41 Å². The minimum absolute atomic E-state index is 0.0526. The first kappa shape index (κ1) is 33.7. The van der Waals surface area contributed by atoms with Crippen molar-refractivity contribution in [3.05, 3.63) is 93.0 Å². The van der Waals surface area contributed by atoms with Gasteiger partial charge in [0, 0.05) is 22.5 Å². The lowest BCUT2D eigenvalue weighted by Gasteiger charge is -2.39. The van der Waals surface area contributed by atoms with Crippen LogP contribution in [0, 0.1) is 40.7 Å². The molecule has 3 aromatic carbocycles. The molecule has 4 rings (SSSR count). The number of nitrogens with zero attached hydrogens (tertiary/aromatic N) is 2. The topological polar surface area (TPSA) is 103 Å². The van der Waals surface area contributed by atoms with Crippen LogP contribution in [0.25, 0.3) is 0 Å². The maximum absolute atomic E-state index is 16.1. The highest BCUT2D eigenvalue weighted by molar-refractivity contribution is 6.31. The molecule has 1 heterocycles. The third-order valence-electron chi connectivity index (χ3n) is 8.02. The van der Waals surface area contributed by atoms with Gasteiger partial charge in [-0.2, -0.15) is 5.26 Å². The van der Waals surface area contributed by atoms with Crippen molar-refractivity contribution in [1.82, 2.24) is 4.90 Å². The minimum Gasteiger partial charge on any atom is -0.495 e. The number of ether oxygens (including phenoxy) is 1. The molecule has 0 bridgehead atoms. The van der Waals surface area contributed by atoms with Gasteiger partial charge in [0.15, 0.2) is 0 Å². The molecule has 234 valence electrons. The number of likely N-dealkylation sites (tertiary alicyclic amines) is 1. The first-order chi connectivity index (χ1) is 21.2. The van der Waals surface area contributed by atoms with Gasteiger partial charge in [0.05, 0.1) is 42.0 Å². The monoisotopic (exact) mass is 653 g/mol. The fourth-order valence-corrected chi connectivity index (χ4v) is 6.60. The van der Waals surface area contributed by atoms with Crippen LogP contribution in [0.4, 0.5) is 14.5 Å². The van der Waals surface area contributed by atoms with Crippen molar-refractivity contribution in [1.29, 1.82) is 5.26 Å². The Balaban J connectivity index is 2.06. The van der Waals surface area contributed by atoms with Crippen molar-refractivity contribution in [3.63, 3.8) is 0 Å². The number of amides is 1. The summed E-state index contributed by atoms with van der Waals surface area (Å²) in [5.41, 5.74) is -2.45. The van der Waals surface area contributed by atoms with Crippen LogP contribution in [0.15, 0.2) is 54.6 Å². The number of benzene rings is 3. The second kappa shape index (κ2) is 13.1. The molecule has 0 spiro atoms. The van der Waals surface area contributed by atoms with Crippen LogP contribution in [0.2, 0.25) is 10.0 Å². The van der Waals surface area contributed by atoms with Crippen LogP contribution >= 0.6 is 23.2 Å². The predicted molar refractivity (Wildman–Crippen MR) is 169 cm³/mol. The highest BCUT2D eigenvalue weighted by Gasteiger charge is 2.64. The SMILES string of the molecule is C#CCN1C(C(=O)Nc2ccc(C(=O)O)cc2OC)C(c2cccc(Cl)c2F)C(C#N)(c2ccc(Cl)cc2F)C1CC(C)(C)C. The Bertz CT molecular complexity index is 1730. The summed E-state index contributed by atoms with van der Waals surface area (Å²) in [6, 6.07) is 12.1. The molecule has 0 saturated carbocycles. The van der Waals surface area contributed by atoms with E-state index in [9.17, 15) is 20.0 Å². The third kappa shape index (κ3) is 6.35. The fraction of sp³-hybridized carbons (Fsp3) is 0.324. The number of aromatic carboxylic acids is 1. The molecule has 4 atom stereocenters. The standard InChI is InChI=1S/C34H31Cl2F2N3O4/c1-6-14-41-27(17-33(2,3)4)34(18-39,22-12-11-20(35)16-24(22)37)28(21-8-7-9-23(36)29(21)38)30(41)31(42)40-25-13-10-19(32(43)44)15-26(25)45-5/h1,7-13,15-16,27-28,30H,14,17H2,2-5H3,(H,40,42)(H,43,44). The van der Waals surface area contributed by atoms with Gasteiger partial charge in [-0.3, -0.25) is 9.69 Å². The summed E-state index contributed by atoms with van der Waals surface area (Å²) in [7, 11) is 1.31. The number of carbonyl (C=O) groups excluding carboxylic acids is 1. The first-order valence-corrected chi connectivity index (χ1v) is 14.7. The van der Waals surface area contributed by atoms with Crippen molar-refractivity contribution < 1.29 is 28.2 Å². The zero-order chi connectivity index (χ0) is 33.3. The summed E-state index contributed by atoms with van der Waals surface area (Å²) in [6.07, 6.45) is 6.08. The minimum atomic E-state index is -1.87. The van der Waals surface area contributed by atoms with Crippen molar-refractivity contribution in [3.8, 4) is 24.2 Å². The lowest BCUT2D eigenvalue weighted by Crippen LogP contribution is -2.48.